The van der Waals surface area contributed by atoms with Gasteiger partial charge in [0.05, 0.1) is 18.6 Å². The van der Waals surface area contributed by atoms with Gasteiger partial charge in [-0.1, -0.05) is 6.42 Å². The number of halogens is 3. The van der Waals surface area contributed by atoms with E-state index in [0.717, 1.165) is 19.3 Å². The van der Waals surface area contributed by atoms with Gasteiger partial charge in [-0.25, -0.2) is 0 Å². The fraction of sp³-hybridized carbons (Fsp3) is 0.900. The molecule has 0 bridgehead atoms. The molecule has 0 aromatic carbocycles. The van der Waals surface area contributed by atoms with Crippen molar-refractivity contribution in [3.63, 3.8) is 0 Å². The largest absolute Gasteiger partial charge is 0.411 e. The van der Waals surface area contributed by atoms with Crippen LogP contribution >= 0.6 is 0 Å². The third kappa shape index (κ3) is 4.81. The second-order valence-electron chi connectivity index (χ2n) is 3.89. The molecule has 92 valence electrons. The van der Waals surface area contributed by atoms with Gasteiger partial charge in [0.25, 0.3) is 0 Å². The summed E-state index contributed by atoms with van der Waals surface area (Å²) in [5, 5.41) is 11.8. The Morgan fingerprint density at radius 2 is 2.12 bits per heavy atom. The highest BCUT2D eigenvalue weighted by molar-refractivity contribution is 4.96. The number of rotatable bonds is 5. The van der Waals surface area contributed by atoms with Gasteiger partial charge in [0.15, 0.2) is 0 Å². The van der Waals surface area contributed by atoms with Crippen LogP contribution in [0.3, 0.4) is 0 Å². The number of ether oxygens (including phenoxy) is 1. The molecule has 0 heterocycles. The van der Waals surface area contributed by atoms with Gasteiger partial charge in [-0.3, -0.25) is 0 Å². The molecule has 3 nitrogen and oxygen atoms in total. The number of nitriles is 1. The third-order valence-corrected chi connectivity index (χ3v) is 2.60. The van der Waals surface area contributed by atoms with Gasteiger partial charge in [-0.15, -0.1) is 0 Å². The number of nitrogens with one attached hydrogen (secondary N) is 1. The zero-order valence-corrected chi connectivity index (χ0v) is 8.89. The van der Waals surface area contributed by atoms with E-state index in [-0.39, 0.29) is 18.6 Å². The Morgan fingerprint density at radius 3 is 2.75 bits per heavy atom. The molecule has 2 unspecified atom stereocenters. The van der Waals surface area contributed by atoms with Crippen LogP contribution in [-0.2, 0) is 4.74 Å². The summed E-state index contributed by atoms with van der Waals surface area (Å²) >= 11 is 0. The maximum absolute atomic E-state index is 11.7. The molecular formula is C10H15F3N2O. The molecular weight excluding hydrogens is 221 g/mol. The Kier molecular flexibility index (Phi) is 5.03. The van der Waals surface area contributed by atoms with Crippen LogP contribution < -0.4 is 5.32 Å². The van der Waals surface area contributed by atoms with E-state index in [2.05, 4.69) is 16.1 Å². The molecule has 1 saturated carbocycles. The normalized spacial score (nSPS) is 25.6. The molecule has 1 fully saturated rings. The van der Waals surface area contributed by atoms with Crippen molar-refractivity contribution in [2.45, 2.75) is 31.5 Å². The van der Waals surface area contributed by atoms with Crippen LogP contribution in [0, 0.1) is 17.2 Å². The Morgan fingerprint density at radius 1 is 1.38 bits per heavy atom. The van der Waals surface area contributed by atoms with Crippen LogP contribution in [0.5, 0.6) is 0 Å². The third-order valence-electron chi connectivity index (χ3n) is 2.60. The molecule has 1 aliphatic rings. The van der Waals surface area contributed by atoms with Crippen LogP contribution in [0.25, 0.3) is 0 Å². The van der Waals surface area contributed by atoms with Crippen LogP contribution in [0.4, 0.5) is 13.2 Å². The summed E-state index contributed by atoms with van der Waals surface area (Å²) in [6.07, 6.45) is -1.48. The lowest BCUT2D eigenvalue weighted by Gasteiger charge is -2.15. The summed E-state index contributed by atoms with van der Waals surface area (Å²) in [7, 11) is 0. The average Bonchev–Trinajstić information content (AvgIpc) is 2.63. The predicted molar refractivity (Wildman–Crippen MR) is 51.6 cm³/mol. The van der Waals surface area contributed by atoms with Crippen LogP contribution in [0.2, 0.25) is 0 Å². The van der Waals surface area contributed by atoms with Crippen LogP contribution in [0.1, 0.15) is 19.3 Å². The summed E-state index contributed by atoms with van der Waals surface area (Å²) in [6.45, 7) is -0.825. The molecule has 0 radical (unpaired) electrons. The molecule has 2 atom stereocenters. The van der Waals surface area contributed by atoms with Crippen molar-refractivity contribution >= 4 is 0 Å². The maximum atomic E-state index is 11.7. The van der Waals surface area contributed by atoms with E-state index in [4.69, 9.17) is 5.26 Å². The minimum atomic E-state index is -4.26. The molecule has 0 aromatic rings. The second-order valence-corrected chi connectivity index (χ2v) is 3.89. The molecule has 1 N–H and O–H groups in total. The van der Waals surface area contributed by atoms with Gasteiger partial charge in [0, 0.05) is 12.6 Å². The Hall–Kier alpha value is -0.800. The quantitative estimate of drug-likeness (QED) is 0.741. The van der Waals surface area contributed by atoms with E-state index in [1.807, 2.05) is 0 Å². The standard InChI is InChI=1S/C10H15F3N2O/c11-10(12,13)7-16-5-4-15-9-3-1-2-8(9)6-14/h8-9,15H,1-5,7H2. The topological polar surface area (TPSA) is 45.0 Å². The van der Waals surface area contributed by atoms with E-state index in [0.29, 0.717) is 6.54 Å². The van der Waals surface area contributed by atoms with E-state index in [1.165, 1.54) is 0 Å². The Bertz CT molecular complexity index is 249. The first-order valence-corrected chi connectivity index (χ1v) is 5.30. The van der Waals surface area contributed by atoms with Crippen LogP contribution in [-0.4, -0.2) is 32.0 Å². The van der Waals surface area contributed by atoms with Crippen molar-refractivity contribution < 1.29 is 17.9 Å². The first kappa shape index (κ1) is 13.3. The zero-order chi connectivity index (χ0) is 12.0. The van der Waals surface area contributed by atoms with Crippen molar-refractivity contribution in [1.82, 2.24) is 5.32 Å². The summed E-state index contributed by atoms with van der Waals surface area (Å²) in [5.41, 5.74) is 0. The fourth-order valence-corrected chi connectivity index (χ4v) is 1.86. The summed E-state index contributed by atoms with van der Waals surface area (Å²) < 4.78 is 39.6. The van der Waals surface area contributed by atoms with Crippen molar-refractivity contribution in [3.8, 4) is 6.07 Å². The highest BCUT2D eigenvalue weighted by Gasteiger charge is 2.28. The lowest BCUT2D eigenvalue weighted by molar-refractivity contribution is -0.173. The van der Waals surface area contributed by atoms with Gasteiger partial charge in [0.1, 0.15) is 6.61 Å². The van der Waals surface area contributed by atoms with Crippen molar-refractivity contribution in [2.24, 2.45) is 5.92 Å². The Balaban J connectivity index is 2.05. The highest BCUT2D eigenvalue weighted by atomic mass is 19.4. The minimum Gasteiger partial charge on any atom is -0.371 e. The van der Waals surface area contributed by atoms with Gasteiger partial charge >= 0.3 is 6.18 Å². The maximum Gasteiger partial charge on any atom is 0.411 e. The van der Waals surface area contributed by atoms with E-state index in [1.54, 1.807) is 0 Å². The van der Waals surface area contributed by atoms with Crippen molar-refractivity contribution in [1.29, 1.82) is 5.26 Å². The van der Waals surface area contributed by atoms with Crippen LogP contribution in [0.15, 0.2) is 0 Å². The molecule has 16 heavy (non-hydrogen) atoms. The zero-order valence-electron chi connectivity index (χ0n) is 8.89. The first-order chi connectivity index (χ1) is 7.53. The number of alkyl halides is 3. The number of hydrogen-bond acceptors (Lipinski definition) is 3. The van der Waals surface area contributed by atoms with E-state index >= 15 is 0 Å². The SMILES string of the molecule is N#CC1CCCC1NCCOCC(F)(F)F. The molecule has 0 amide bonds. The van der Waals surface area contributed by atoms with E-state index in [9.17, 15) is 13.2 Å². The molecule has 1 rings (SSSR count). The predicted octanol–water partition coefficient (Wildman–Crippen LogP) is 1.85. The number of nitrogens with zero attached hydrogens (tertiary/aromatic N) is 1. The van der Waals surface area contributed by atoms with Gasteiger partial charge in [0.2, 0.25) is 0 Å². The Labute approximate surface area is 92.6 Å². The average molecular weight is 236 g/mol. The van der Waals surface area contributed by atoms with Crippen molar-refractivity contribution in [2.75, 3.05) is 19.8 Å². The second kappa shape index (κ2) is 6.06. The fourth-order valence-electron chi connectivity index (χ4n) is 1.86. The minimum absolute atomic E-state index is 0.0115. The summed E-state index contributed by atoms with van der Waals surface area (Å²) in [6, 6.07) is 2.31. The first-order valence-electron chi connectivity index (χ1n) is 5.30. The lowest BCUT2D eigenvalue weighted by Crippen LogP contribution is -2.34. The smallest absolute Gasteiger partial charge is 0.371 e. The molecule has 1 aliphatic carbocycles. The van der Waals surface area contributed by atoms with Gasteiger partial charge in [-0.2, -0.15) is 18.4 Å². The lowest BCUT2D eigenvalue weighted by atomic mass is 10.1. The molecule has 0 aromatic heterocycles. The van der Waals surface area contributed by atoms with Gasteiger partial charge < -0.3 is 10.1 Å². The summed E-state index contributed by atoms with van der Waals surface area (Å²) in [4.78, 5) is 0. The van der Waals surface area contributed by atoms with Gasteiger partial charge in [-0.05, 0) is 12.8 Å². The molecule has 0 saturated heterocycles. The van der Waals surface area contributed by atoms with Crippen molar-refractivity contribution in [3.05, 3.63) is 0 Å². The number of hydrogen-bond donors (Lipinski definition) is 1. The monoisotopic (exact) mass is 236 g/mol. The molecule has 0 aliphatic heterocycles. The van der Waals surface area contributed by atoms with E-state index < -0.39 is 12.8 Å². The highest BCUT2D eigenvalue weighted by Crippen LogP contribution is 2.24. The molecule has 0 spiro atoms. The summed E-state index contributed by atoms with van der Waals surface area (Å²) in [5.74, 6) is -0.0115. The molecule has 6 heteroatoms.